The number of hydrogen-bond acceptors (Lipinski definition) is 4. The molecule has 4 rings (SSSR count). The number of urea groups is 1. The van der Waals surface area contributed by atoms with Crippen LogP contribution in [0.5, 0.6) is 0 Å². The van der Waals surface area contributed by atoms with Crippen molar-refractivity contribution in [2.24, 2.45) is 11.7 Å². The van der Waals surface area contributed by atoms with Crippen molar-refractivity contribution in [1.82, 2.24) is 15.1 Å². The van der Waals surface area contributed by atoms with Crippen molar-refractivity contribution < 1.29 is 14.3 Å². The van der Waals surface area contributed by atoms with Gasteiger partial charge in [0, 0.05) is 30.8 Å². The summed E-state index contributed by atoms with van der Waals surface area (Å²) in [5.74, 6) is 0.241. The third kappa shape index (κ3) is 4.75. The zero-order chi connectivity index (χ0) is 22.7. The van der Waals surface area contributed by atoms with Gasteiger partial charge in [0.05, 0.1) is 11.1 Å². The Labute approximate surface area is 187 Å². The molecule has 0 aliphatic carbocycles. The second-order valence-electron chi connectivity index (χ2n) is 8.75. The predicted molar refractivity (Wildman–Crippen MR) is 123 cm³/mol. The van der Waals surface area contributed by atoms with Gasteiger partial charge in [0.25, 0.3) is 5.91 Å². The van der Waals surface area contributed by atoms with E-state index in [0.717, 1.165) is 49.1 Å². The fraction of sp³-hybridized carbons (Fsp3) is 0.375. The van der Waals surface area contributed by atoms with Crippen LogP contribution < -0.4 is 16.4 Å². The van der Waals surface area contributed by atoms with Gasteiger partial charge < -0.3 is 21.1 Å². The lowest BCUT2D eigenvalue weighted by molar-refractivity contribution is 0.0604. The highest BCUT2D eigenvalue weighted by Gasteiger charge is 2.27. The van der Waals surface area contributed by atoms with E-state index in [-0.39, 0.29) is 5.91 Å². The van der Waals surface area contributed by atoms with Crippen LogP contribution in [0.4, 0.5) is 10.5 Å². The Bertz CT molecular complexity index is 1130. The number of nitrogens with two attached hydrogens (primary N) is 1. The number of aromatic nitrogens is 2. The normalized spacial score (nSPS) is 14.9. The Morgan fingerprint density at radius 3 is 2.66 bits per heavy atom. The lowest BCUT2D eigenvalue weighted by Crippen LogP contribution is -2.41. The smallest absolute Gasteiger partial charge is 0.316 e. The molecular weight excluding hydrogens is 406 g/mol. The monoisotopic (exact) mass is 435 g/mol. The van der Waals surface area contributed by atoms with Gasteiger partial charge in [-0.05, 0) is 56.4 Å². The van der Waals surface area contributed by atoms with Gasteiger partial charge in [-0.25, -0.2) is 4.79 Å². The first-order valence-electron chi connectivity index (χ1n) is 10.9. The number of primary amides is 1. The molecule has 2 aromatic carbocycles. The van der Waals surface area contributed by atoms with Crippen molar-refractivity contribution in [2.75, 3.05) is 18.5 Å². The highest BCUT2D eigenvalue weighted by molar-refractivity contribution is 6.05. The molecule has 3 amide bonds. The van der Waals surface area contributed by atoms with Gasteiger partial charge in [-0.2, -0.15) is 5.10 Å². The van der Waals surface area contributed by atoms with Gasteiger partial charge in [0.15, 0.2) is 5.69 Å². The molecule has 8 nitrogen and oxygen atoms in total. The molecule has 0 unspecified atom stereocenters. The Morgan fingerprint density at radius 2 is 1.91 bits per heavy atom. The minimum Gasteiger partial charge on any atom is -0.381 e. The summed E-state index contributed by atoms with van der Waals surface area (Å²) >= 11 is 0. The van der Waals surface area contributed by atoms with Crippen LogP contribution in [0.15, 0.2) is 48.5 Å². The molecule has 3 aromatic rings. The second kappa shape index (κ2) is 9.00. The maximum atomic E-state index is 13.3. The summed E-state index contributed by atoms with van der Waals surface area (Å²) in [7, 11) is 0. The van der Waals surface area contributed by atoms with E-state index in [2.05, 4.69) is 10.6 Å². The number of nitrogens with zero attached hydrogens (tertiary/aromatic N) is 2. The number of para-hydroxylation sites is 1. The first-order valence-corrected chi connectivity index (χ1v) is 10.9. The molecule has 1 aromatic heterocycles. The molecule has 0 radical (unpaired) electrons. The van der Waals surface area contributed by atoms with Crippen molar-refractivity contribution in [3.05, 3.63) is 59.8 Å². The van der Waals surface area contributed by atoms with Gasteiger partial charge in [-0.15, -0.1) is 0 Å². The van der Waals surface area contributed by atoms with Crippen LogP contribution in [-0.2, 0) is 16.8 Å². The van der Waals surface area contributed by atoms with E-state index >= 15 is 0 Å². The summed E-state index contributed by atoms with van der Waals surface area (Å²) in [5.41, 5.74) is 7.30. The average molecular weight is 436 g/mol. The molecule has 0 spiro atoms. The number of carbonyl (C=O) groups excluding carboxylic acids is 2. The molecule has 4 N–H and O–H groups in total. The molecule has 1 aliphatic heterocycles. The summed E-state index contributed by atoms with van der Waals surface area (Å²) < 4.78 is 7.42. The Hall–Kier alpha value is -3.39. The highest BCUT2D eigenvalue weighted by Crippen LogP contribution is 2.26. The topological polar surface area (TPSA) is 111 Å². The average Bonchev–Trinajstić information content (AvgIpc) is 3.13. The van der Waals surface area contributed by atoms with E-state index < -0.39 is 11.6 Å². The molecule has 0 atom stereocenters. The quantitative estimate of drug-likeness (QED) is 0.549. The van der Waals surface area contributed by atoms with Gasteiger partial charge >= 0.3 is 6.03 Å². The number of ether oxygens (including phenoxy) is 1. The van der Waals surface area contributed by atoms with E-state index in [1.807, 2.05) is 54.9 Å². The summed E-state index contributed by atoms with van der Waals surface area (Å²) in [4.78, 5) is 24.5. The number of carbonyl (C=O) groups is 2. The van der Waals surface area contributed by atoms with E-state index in [4.69, 9.17) is 15.6 Å². The Kier molecular flexibility index (Phi) is 6.14. The van der Waals surface area contributed by atoms with E-state index in [1.165, 1.54) is 0 Å². The van der Waals surface area contributed by atoms with Crippen LogP contribution in [0.25, 0.3) is 10.9 Å². The zero-order valence-corrected chi connectivity index (χ0v) is 18.4. The third-order valence-corrected chi connectivity index (χ3v) is 5.92. The maximum absolute atomic E-state index is 13.3. The molecule has 8 heteroatoms. The van der Waals surface area contributed by atoms with E-state index in [9.17, 15) is 9.59 Å². The number of nitrogens with one attached hydrogen (secondary N) is 2. The summed E-state index contributed by atoms with van der Waals surface area (Å²) in [6.45, 7) is 6.14. The van der Waals surface area contributed by atoms with E-state index in [0.29, 0.717) is 17.3 Å². The molecule has 1 aliphatic rings. The number of benzene rings is 2. The number of fused-ring (bicyclic) bond motifs is 1. The van der Waals surface area contributed by atoms with Crippen LogP contribution >= 0.6 is 0 Å². The van der Waals surface area contributed by atoms with Gasteiger partial charge in [0.2, 0.25) is 0 Å². The predicted octanol–water partition coefficient (Wildman–Crippen LogP) is 3.62. The van der Waals surface area contributed by atoms with Crippen LogP contribution in [0.1, 0.15) is 42.7 Å². The lowest BCUT2D eigenvalue weighted by atomic mass is 9.93. The first-order chi connectivity index (χ1) is 15.3. The van der Waals surface area contributed by atoms with E-state index in [1.54, 1.807) is 12.1 Å². The number of rotatable bonds is 6. The molecule has 0 saturated carbocycles. The molecule has 32 heavy (non-hydrogen) atoms. The van der Waals surface area contributed by atoms with Crippen LogP contribution in [0.2, 0.25) is 0 Å². The second-order valence-corrected chi connectivity index (χ2v) is 8.75. The number of hydrogen-bond donors (Lipinski definition) is 3. The molecule has 2 heterocycles. The Balaban J connectivity index is 1.59. The third-order valence-electron chi connectivity index (χ3n) is 5.92. The van der Waals surface area contributed by atoms with Gasteiger partial charge in [-0.3, -0.25) is 9.48 Å². The largest absolute Gasteiger partial charge is 0.381 e. The fourth-order valence-corrected chi connectivity index (χ4v) is 4.15. The van der Waals surface area contributed by atoms with Crippen molar-refractivity contribution in [3.8, 4) is 0 Å². The lowest BCUT2D eigenvalue weighted by Gasteiger charge is -2.27. The molecule has 168 valence electrons. The van der Waals surface area contributed by atoms with Crippen LogP contribution in [0, 0.1) is 5.92 Å². The van der Waals surface area contributed by atoms with Crippen molar-refractivity contribution in [3.63, 3.8) is 0 Å². The van der Waals surface area contributed by atoms with Crippen molar-refractivity contribution in [2.45, 2.75) is 38.8 Å². The highest BCUT2D eigenvalue weighted by atomic mass is 16.5. The van der Waals surface area contributed by atoms with Crippen molar-refractivity contribution >= 4 is 28.5 Å². The molecule has 1 fully saturated rings. The summed E-state index contributed by atoms with van der Waals surface area (Å²) in [6, 6.07) is 14.4. The minimum atomic E-state index is -0.696. The standard InChI is InChI=1S/C24H29N5O3/c1-24(2,17-6-5-7-18(14-17)26-23(25)31)27-22(30)21-19-8-3-4-9-20(19)29(28-21)15-16-10-12-32-13-11-16/h3-9,14,16H,10-13,15H2,1-2H3,(H,27,30)(H3,25,26,31). The van der Waals surface area contributed by atoms with Crippen LogP contribution in [0.3, 0.4) is 0 Å². The zero-order valence-electron chi connectivity index (χ0n) is 18.4. The SMILES string of the molecule is CC(C)(NC(=O)c1nn(CC2CCOCC2)c2ccccc12)c1cccc(NC(N)=O)c1. The number of amides is 3. The summed E-state index contributed by atoms with van der Waals surface area (Å²) in [5, 5.41) is 11.2. The molecule has 1 saturated heterocycles. The fourth-order valence-electron chi connectivity index (χ4n) is 4.15. The van der Waals surface area contributed by atoms with Gasteiger partial charge in [0.1, 0.15) is 0 Å². The molecule has 0 bridgehead atoms. The Morgan fingerprint density at radius 1 is 1.16 bits per heavy atom. The van der Waals surface area contributed by atoms with Gasteiger partial charge in [-0.1, -0.05) is 30.3 Å². The first kappa shape index (κ1) is 21.8. The maximum Gasteiger partial charge on any atom is 0.316 e. The molecular formula is C24H29N5O3. The van der Waals surface area contributed by atoms with Crippen molar-refractivity contribution in [1.29, 1.82) is 0 Å². The summed E-state index contributed by atoms with van der Waals surface area (Å²) in [6.07, 6.45) is 2.00. The minimum absolute atomic E-state index is 0.245. The number of anilines is 1. The van der Waals surface area contributed by atoms with Crippen LogP contribution in [-0.4, -0.2) is 34.9 Å².